The van der Waals surface area contributed by atoms with Crippen LogP contribution in [0.1, 0.15) is 26.7 Å². The minimum absolute atomic E-state index is 0.0959. The Kier molecular flexibility index (Phi) is 5.12. The number of carbonyl (C=O) groups is 2. The molecule has 0 bridgehead atoms. The molecule has 1 aliphatic carbocycles. The van der Waals surface area contributed by atoms with Crippen LogP contribution in [0.2, 0.25) is 0 Å². The van der Waals surface area contributed by atoms with Gasteiger partial charge in [-0.3, -0.25) is 9.59 Å². The van der Waals surface area contributed by atoms with Gasteiger partial charge in [0.05, 0.1) is 11.8 Å². The average Bonchev–Trinajstić information content (AvgIpc) is 2.97. The molecule has 0 aromatic carbocycles. The van der Waals surface area contributed by atoms with Crippen molar-refractivity contribution in [2.24, 2.45) is 11.8 Å². The Morgan fingerprint density at radius 3 is 2.69 bits per heavy atom. The molecule has 5 heteroatoms. The summed E-state index contributed by atoms with van der Waals surface area (Å²) < 4.78 is 0. The van der Waals surface area contributed by atoms with Gasteiger partial charge in [0.25, 0.3) is 0 Å². The summed E-state index contributed by atoms with van der Waals surface area (Å²) in [6.45, 7) is 4.07. The van der Waals surface area contributed by atoms with Gasteiger partial charge in [-0.15, -0.1) is 0 Å². The third kappa shape index (κ3) is 4.04. The lowest BCUT2D eigenvalue weighted by atomic mass is 10.2. The number of rotatable bonds is 7. The maximum absolute atomic E-state index is 11.6. The number of hydrogen-bond acceptors (Lipinski definition) is 3. The van der Waals surface area contributed by atoms with Crippen molar-refractivity contribution in [3.63, 3.8) is 0 Å². The van der Waals surface area contributed by atoms with Crippen molar-refractivity contribution < 1.29 is 14.7 Å². The van der Waals surface area contributed by atoms with Gasteiger partial charge < -0.3 is 10.4 Å². The van der Waals surface area contributed by atoms with E-state index >= 15 is 0 Å². The summed E-state index contributed by atoms with van der Waals surface area (Å²) in [5, 5.41) is 11.6. The number of aliphatic carboxylic acids is 1. The van der Waals surface area contributed by atoms with E-state index in [0.29, 0.717) is 6.42 Å². The SMILES string of the molecule is CCSCCC(C)NC(=O)[C@@H]1C[C@@H]1C(=O)O. The van der Waals surface area contributed by atoms with E-state index in [1.165, 1.54) is 0 Å². The molecule has 0 heterocycles. The van der Waals surface area contributed by atoms with E-state index in [9.17, 15) is 9.59 Å². The number of carbonyl (C=O) groups excluding carboxylic acids is 1. The lowest BCUT2D eigenvalue weighted by molar-refractivity contribution is -0.140. The summed E-state index contributed by atoms with van der Waals surface area (Å²) in [5.41, 5.74) is 0. The maximum atomic E-state index is 11.6. The van der Waals surface area contributed by atoms with Crippen LogP contribution in [-0.2, 0) is 9.59 Å². The third-order valence-corrected chi connectivity index (χ3v) is 3.67. The molecule has 1 aliphatic rings. The number of amides is 1. The second kappa shape index (κ2) is 6.13. The van der Waals surface area contributed by atoms with Gasteiger partial charge >= 0.3 is 5.97 Å². The Balaban J connectivity index is 2.17. The van der Waals surface area contributed by atoms with Crippen LogP contribution in [0.5, 0.6) is 0 Å². The summed E-state index contributed by atoms with van der Waals surface area (Å²) in [6.07, 6.45) is 1.44. The average molecular weight is 245 g/mol. The van der Waals surface area contributed by atoms with Gasteiger partial charge in [-0.05, 0) is 31.3 Å². The zero-order chi connectivity index (χ0) is 12.1. The number of carboxylic acids is 1. The smallest absolute Gasteiger partial charge is 0.307 e. The van der Waals surface area contributed by atoms with E-state index in [2.05, 4.69) is 12.2 Å². The number of hydrogen-bond donors (Lipinski definition) is 2. The molecule has 1 fully saturated rings. The molecule has 92 valence electrons. The van der Waals surface area contributed by atoms with Crippen LogP contribution < -0.4 is 5.32 Å². The molecule has 0 aromatic heterocycles. The predicted molar refractivity (Wildman–Crippen MR) is 64.5 cm³/mol. The molecule has 1 rings (SSSR count). The van der Waals surface area contributed by atoms with E-state index in [1.807, 2.05) is 18.7 Å². The molecule has 3 atom stereocenters. The molecular weight excluding hydrogens is 226 g/mol. The Morgan fingerprint density at radius 1 is 1.50 bits per heavy atom. The normalized spacial score (nSPS) is 24.9. The summed E-state index contributed by atoms with van der Waals surface area (Å²) in [7, 11) is 0. The van der Waals surface area contributed by atoms with Gasteiger partial charge in [0.2, 0.25) is 5.91 Å². The number of thioether (sulfide) groups is 1. The molecular formula is C11H19NO3S. The molecule has 1 saturated carbocycles. The fourth-order valence-electron chi connectivity index (χ4n) is 1.58. The van der Waals surface area contributed by atoms with Crippen LogP contribution in [0.4, 0.5) is 0 Å². The Labute approximate surface area is 100 Å². The number of carboxylic acid groups (broad SMARTS) is 1. The standard InChI is InChI=1S/C11H19NO3S/c1-3-16-5-4-7(2)12-10(13)8-6-9(8)11(14)15/h7-9H,3-6H2,1-2H3,(H,12,13)(H,14,15)/t7?,8-,9+/m1/s1. The fourth-order valence-corrected chi connectivity index (χ4v) is 2.39. The first-order chi connectivity index (χ1) is 7.56. The fraction of sp³-hybridized carbons (Fsp3) is 0.818. The molecule has 4 nitrogen and oxygen atoms in total. The largest absolute Gasteiger partial charge is 0.481 e. The highest BCUT2D eigenvalue weighted by Gasteiger charge is 2.48. The van der Waals surface area contributed by atoms with Gasteiger partial charge in [0, 0.05) is 6.04 Å². The predicted octanol–water partition coefficient (Wildman–Crippen LogP) is 1.35. The lowest BCUT2D eigenvalue weighted by Gasteiger charge is -2.13. The summed E-state index contributed by atoms with van der Waals surface area (Å²) >= 11 is 1.85. The highest BCUT2D eigenvalue weighted by atomic mass is 32.2. The first-order valence-corrected chi connectivity index (χ1v) is 6.82. The molecule has 0 aliphatic heterocycles. The summed E-state index contributed by atoms with van der Waals surface area (Å²) in [4.78, 5) is 22.2. The molecule has 1 unspecified atom stereocenters. The highest BCUT2D eigenvalue weighted by Crippen LogP contribution is 2.38. The van der Waals surface area contributed by atoms with E-state index < -0.39 is 11.9 Å². The highest BCUT2D eigenvalue weighted by molar-refractivity contribution is 7.99. The Hall–Kier alpha value is -0.710. The first kappa shape index (κ1) is 13.4. The topological polar surface area (TPSA) is 66.4 Å². The maximum Gasteiger partial charge on any atom is 0.307 e. The van der Waals surface area contributed by atoms with Crippen LogP contribution in [0.3, 0.4) is 0 Å². The van der Waals surface area contributed by atoms with E-state index in [4.69, 9.17) is 5.11 Å². The molecule has 0 aromatic rings. The van der Waals surface area contributed by atoms with Gasteiger partial charge in [-0.1, -0.05) is 6.92 Å². The van der Waals surface area contributed by atoms with Crippen molar-refractivity contribution in [3.8, 4) is 0 Å². The van der Waals surface area contributed by atoms with E-state index in [-0.39, 0.29) is 17.9 Å². The van der Waals surface area contributed by atoms with Crippen molar-refractivity contribution in [1.82, 2.24) is 5.32 Å². The van der Waals surface area contributed by atoms with Gasteiger partial charge in [-0.2, -0.15) is 11.8 Å². The summed E-state index contributed by atoms with van der Waals surface area (Å²) in [5.74, 6) is 0.432. The molecule has 0 spiro atoms. The molecule has 16 heavy (non-hydrogen) atoms. The van der Waals surface area contributed by atoms with Crippen molar-refractivity contribution in [2.75, 3.05) is 11.5 Å². The van der Waals surface area contributed by atoms with E-state index in [0.717, 1.165) is 17.9 Å². The Morgan fingerprint density at radius 2 is 2.19 bits per heavy atom. The zero-order valence-electron chi connectivity index (χ0n) is 9.73. The second-order valence-electron chi connectivity index (χ2n) is 4.18. The van der Waals surface area contributed by atoms with E-state index in [1.54, 1.807) is 0 Å². The van der Waals surface area contributed by atoms with Crippen molar-refractivity contribution in [3.05, 3.63) is 0 Å². The van der Waals surface area contributed by atoms with Gasteiger partial charge in [0.15, 0.2) is 0 Å². The second-order valence-corrected chi connectivity index (χ2v) is 5.58. The van der Waals surface area contributed by atoms with Crippen molar-refractivity contribution in [2.45, 2.75) is 32.7 Å². The van der Waals surface area contributed by atoms with Crippen LogP contribution >= 0.6 is 11.8 Å². The quantitative estimate of drug-likeness (QED) is 0.665. The van der Waals surface area contributed by atoms with Crippen molar-refractivity contribution in [1.29, 1.82) is 0 Å². The minimum Gasteiger partial charge on any atom is -0.481 e. The summed E-state index contributed by atoms with van der Waals surface area (Å²) in [6, 6.07) is 0.140. The zero-order valence-corrected chi connectivity index (χ0v) is 10.5. The number of nitrogens with one attached hydrogen (secondary N) is 1. The molecule has 0 radical (unpaired) electrons. The molecule has 2 N–H and O–H groups in total. The van der Waals surface area contributed by atoms with Crippen LogP contribution in [0.25, 0.3) is 0 Å². The van der Waals surface area contributed by atoms with Crippen LogP contribution in [-0.4, -0.2) is 34.5 Å². The van der Waals surface area contributed by atoms with Crippen molar-refractivity contribution >= 4 is 23.6 Å². The first-order valence-electron chi connectivity index (χ1n) is 5.67. The minimum atomic E-state index is -0.852. The monoisotopic (exact) mass is 245 g/mol. The van der Waals surface area contributed by atoms with Crippen LogP contribution in [0, 0.1) is 11.8 Å². The Bertz CT molecular complexity index is 270. The van der Waals surface area contributed by atoms with Crippen LogP contribution in [0.15, 0.2) is 0 Å². The molecule has 0 saturated heterocycles. The third-order valence-electron chi connectivity index (χ3n) is 2.73. The van der Waals surface area contributed by atoms with Gasteiger partial charge in [-0.25, -0.2) is 0 Å². The lowest BCUT2D eigenvalue weighted by Crippen LogP contribution is -2.34. The molecule has 1 amide bonds. The van der Waals surface area contributed by atoms with Gasteiger partial charge in [0.1, 0.15) is 0 Å².